The minimum absolute atomic E-state index is 0.114. The molecule has 1 atom stereocenters. The molecule has 0 fully saturated rings. The number of aromatic nitrogens is 6. The lowest BCUT2D eigenvalue weighted by atomic mass is 10.1. The molecule has 1 amide bonds. The van der Waals surface area contributed by atoms with Gasteiger partial charge in [0.25, 0.3) is 0 Å². The Morgan fingerprint density at radius 1 is 1.00 bits per heavy atom. The average molecular weight is 387 g/mol. The maximum absolute atomic E-state index is 12.8. The van der Waals surface area contributed by atoms with Crippen LogP contribution in [0, 0.1) is 0 Å². The zero-order valence-electron chi connectivity index (χ0n) is 15.8. The van der Waals surface area contributed by atoms with Crippen molar-refractivity contribution in [2.45, 2.75) is 18.9 Å². The maximum Gasteiger partial charge on any atom is 0.245 e. The Morgan fingerprint density at radius 3 is 2.48 bits per heavy atom. The first-order valence-electron chi connectivity index (χ1n) is 9.43. The molecule has 2 heterocycles. The molecule has 0 saturated carbocycles. The van der Waals surface area contributed by atoms with Crippen molar-refractivity contribution in [3.63, 3.8) is 0 Å². The van der Waals surface area contributed by atoms with Crippen LogP contribution in [0.5, 0.6) is 0 Å². The lowest BCUT2D eigenvalue weighted by Crippen LogP contribution is -2.35. The third-order valence-corrected chi connectivity index (χ3v) is 4.63. The van der Waals surface area contributed by atoms with Gasteiger partial charge in [-0.15, -0.1) is 5.10 Å². The zero-order valence-corrected chi connectivity index (χ0v) is 15.8. The molecule has 0 spiro atoms. The average Bonchev–Trinajstić information content (AvgIpc) is 3.46. The van der Waals surface area contributed by atoms with E-state index in [0.29, 0.717) is 19.4 Å². The largest absolute Gasteiger partial charge is 0.354 e. The topological polar surface area (TPSA) is 90.5 Å². The number of para-hydroxylation sites is 1. The zero-order chi connectivity index (χ0) is 19.9. The predicted molar refractivity (Wildman–Crippen MR) is 107 cm³/mol. The van der Waals surface area contributed by atoms with E-state index >= 15 is 0 Å². The number of carbonyl (C=O) groups is 1. The number of benzene rings is 2. The smallest absolute Gasteiger partial charge is 0.245 e. The van der Waals surface area contributed by atoms with Crippen molar-refractivity contribution >= 4 is 5.91 Å². The molecule has 0 saturated heterocycles. The lowest BCUT2D eigenvalue weighted by Gasteiger charge is -2.16. The highest BCUT2D eigenvalue weighted by molar-refractivity contribution is 5.80. The van der Waals surface area contributed by atoms with E-state index < -0.39 is 6.04 Å². The summed E-state index contributed by atoms with van der Waals surface area (Å²) in [5.41, 5.74) is 3.10. The summed E-state index contributed by atoms with van der Waals surface area (Å²) < 4.78 is 3.33. The molecule has 4 rings (SSSR count). The molecule has 0 aliphatic carbocycles. The highest BCUT2D eigenvalue weighted by Gasteiger charge is 2.22. The van der Waals surface area contributed by atoms with Crippen LogP contribution >= 0.6 is 0 Å². The SMILES string of the molecule is O=C(NCCc1cnn(-c2ccccc2)c1)[C@@H](Cc1ccccc1)n1cnnn1. The number of tetrazole rings is 1. The summed E-state index contributed by atoms with van der Waals surface area (Å²) in [6.07, 6.45) is 6.47. The van der Waals surface area contributed by atoms with E-state index in [0.717, 1.165) is 16.8 Å². The van der Waals surface area contributed by atoms with Gasteiger partial charge in [0, 0.05) is 19.2 Å². The summed E-state index contributed by atoms with van der Waals surface area (Å²) in [4.78, 5) is 12.8. The van der Waals surface area contributed by atoms with Crippen molar-refractivity contribution in [3.05, 3.63) is 90.5 Å². The monoisotopic (exact) mass is 387 g/mol. The molecule has 4 aromatic rings. The maximum atomic E-state index is 12.8. The third kappa shape index (κ3) is 4.73. The quantitative estimate of drug-likeness (QED) is 0.499. The van der Waals surface area contributed by atoms with Crippen molar-refractivity contribution in [1.82, 2.24) is 35.3 Å². The molecule has 146 valence electrons. The summed E-state index contributed by atoms with van der Waals surface area (Å²) >= 11 is 0. The van der Waals surface area contributed by atoms with Gasteiger partial charge in [0.05, 0.1) is 11.9 Å². The fourth-order valence-corrected chi connectivity index (χ4v) is 3.11. The van der Waals surface area contributed by atoms with Crippen molar-refractivity contribution in [3.8, 4) is 5.69 Å². The van der Waals surface area contributed by atoms with Crippen LogP contribution in [0.25, 0.3) is 5.69 Å². The molecule has 2 aromatic heterocycles. The Hall–Kier alpha value is -3.81. The highest BCUT2D eigenvalue weighted by atomic mass is 16.2. The first-order chi connectivity index (χ1) is 14.3. The number of carbonyl (C=O) groups excluding carboxylic acids is 1. The number of amides is 1. The second kappa shape index (κ2) is 8.92. The van der Waals surface area contributed by atoms with E-state index in [9.17, 15) is 4.79 Å². The first-order valence-corrected chi connectivity index (χ1v) is 9.43. The van der Waals surface area contributed by atoms with E-state index in [2.05, 4.69) is 25.9 Å². The summed E-state index contributed by atoms with van der Waals surface area (Å²) in [7, 11) is 0. The molecular weight excluding hydrogens is 366 g/mol. The van der Waals surface area contributed by atoms with Gasteiger partial charge in [-0.05, 0) is 40.1 Å². The number of hydrogen-bond acceptors (Lipinski definition) is 5. The minimum Gasteiger partial charge on any atom is -0.354 e. The Bertz CT molecular complexity index is 1030. The van der Waals surface area contributed by atoms with E-state index in [1.807, 2.05) is 77.7 Å². The molecule has 0 radical (unpaired) electrons. The molecule has 29 heavy (non-hydrogen) atoms. The van der Waals surface area contributed by atoms with Crippen LogP contribution in [0.3, 0.4) is 0 Å². The van der Waals surface area contributed by atoms with E-state index in [4.69, 9.17) is 0 Å². The number of hydrogen-bond donors (Lipinski definition) is 1. The van der Waals surface area contributed by atoms with Crippen molar-refractivity contribution < 1.29 is 4.79 Å². The second-order valence-corrected chi connectivity index (χ2v) is 6.67. The molecule has 8 nitrogen and oxygen atoms in total. The fraction of sp³-hybridized carbons (Fsp3) is 0.190. The summed E-state index contributed by atoms with van der Waals surface area (Å²) in [5, 5.41) is 18.6. The van der Waals surface area contributed by atoms with Crippen LogP contribution in [-0.2, 0) is 17.6 Å². The van der Waals surface area contributed by atoms with E-state index in [-0.39, 0.29) is 5.91 Å². The van der Waals surface area contributed by atoms with Gasteiger partial charge in [0.1, 0.15) is 12.4 Å². The highest BCUT2D eigenvalue weighted by Crippen LogP contribution is 2.13. The molecule has 0 aliphatic rings. The van der Waals surface area contributed by atoms with Crippen molar-refractivity contribution in [2.75, 3.05) is 6.54 Å². The van der Waals surface area contributed by atoms with E-state index in [1.54, 1.807) is 0 Å². The number of rotatable bonds is 8. The van der Waals surface area contributed by atoms with Crippen LogP contribution in [0.15, 0.2) is 79.4 Å². The predicted octanol–water partition coefficient (Wildman–Crippen LogP) is 2.00. The molecule has 0 aliphatic heterocycles. The van der Waals surface area contributed by atoms with Crippen LogP contribution in [0.2, 0.25) is 0 Å². The van der Waals surface area contributed by atoms with E-state index in [1.165, 1.54) is 11.0 Å². The minimum atomic E-state index is -0.501. The standard InChI is InChI=1S/C21H21N7O/c29-21(20(28-16-23-25-26-28)13-17-7-3-1-4-8-17)22-12-11-18-14-24-27(15-18)19-9-5-2-6-10-19/h1-10,14-16,20H,11-13H2,(H,22,29)/t20-/m1/s1. The number of nitrogens with one attached hydrogen (secondary N) is 1. The second-order valence-electron chi connectivity index (χ2n) is 6.67. The Balaban J connectivity index is 1.36. The Kier molecular flexibility index (Phi) is 5.70. The Labute approximate surface area is 168 Å². The fourth-order valence-electron chi connectivity index (χ4n) is 3.11. The van der Waals surface area contributed by atoms with Gasteiger partial charge in [0.15, 0.2) is 0 Å². The normalized spacial score (nSPS) is 11.9. The van der Waals surface area contributed by atoms with Gasteiger partial charge in [-0.25, -0.2) is 9.36 Å². The number of nitrogens with zero attached hydrogens (tertiary/aromatic N) is 6. The summed E-state index contributed by atoms with van der Waals surface area (Å²) in [5.74, 6) is -0.114. The van der Waals surface area contributed by atoms with Gasteiger partial charge in [-0.1, -0.05) is 48.5 Å². The molecule has 0 unspecified atom stereocenters. The lowest BCUT2D eigenvalue weighted by molar-refractivity contribution is -0.124. The van der Waals surface area contributed by atoms with Gasteiger partial charge in [-0.2, -0.15) is 5.10 Å². The van der Waals surface area contributed by atoms with Gasteiger partial charge >= 0.3 is 0 Å². The first kappa shape index (κ1) is 18.5. The van der Waals surface area contributed by atoms with Crippen LogP contribution in [0.4, 0.5) is 0 Å². The summed E-state index contributed by atoms with van der Waals surface area (Å²) in [6, 6.07) is 19.3. The molecule has 2 aromatic carbocycles. The third-order valence-electron chi connectivity index (χ3n) is 4.63. The van der Waals surface area contributed by atoms with Gasteiger partial charge in [0.2, 0.25) is 5.91 Å². The molecule has 0 bridgehead atoms. The van der Waals surface area contributed by atoms with Crippen molar-refractivity contribution in [2.24, 2.45) is 0 Å². The summed E-state index contributed by atoms with van der Waals surface area (Å²) in [6.45, 7) is 0.507. The Morgan fingerprint density at radius 2 is 1.76 bits per heavy atom. The molecule has 8 heteroatoms. The van der Waals surface area contributed by atoms with Crippen molar-refractivity contribution in [1.29, 1.82) is 0 Å². The van der Waals surface area contributed by atoms with Crippen LogP contribution in [-0.4, -0.2) is 42.4 Å². The van der Waals surface area contributed by atoms with Crippen LogP contribution in [0.1, 0.15) is 17.2 Å². The van der Waals surface area contributed by atoms with Gasteiger partial charge < -0.3 is 5.32 Å². The van der Waals surface area contributed by atoms with Gasteiger partial charge in [-0.3, -0.25) is 4.79 Å². The van der Waals surface area contributed by atoms with Crippen LogP contribution < -0.4 is 5.32 Å². The molecule has 1 N–H and O–H groups in total. The molecular formula is C21H21N7O.